The molecule has 10 heteroatoms. The van der Waals surface area contributed by atoms with E-state index >= 15 is 0 Å². The van der Waals surface area contributed by atoms with Gasteiger partial charge in [0.1, 0.15) is 38.3 Å². The van der Waals surface area contributed by atoms with Crippen LogP contribution in [0.3, 0.4) is 0 Å². The first kappa shape index (κ1) is 28.2. The van der Waals surface area contributed by atoms with E-state index in [1.807, 2.05) is 36.4 Å². The average Bonchev–Trinajstić information content (AvgIpc) is 2.86. The third kappa shape index (κ3) is 11.9. The molecular weight excluding hydrogens is 448 g/mol. The predicted octanol–water partition coefficient (Wildman–Crippen LogP) is 1.60. The predicted molar refractivity (Wildman–Crippen MR) is 124 cm³/mol. The Balaban J connectivity index is 1.64. The van der Waals surface area contributed by atoms with Crippen molar-refractivity contribution < 1.29 is 48.1 Å². The van der Waals surface area contributed by atoms with Gasteiger partial charge >= 0.3 is 0 Å². The lowest BCUT2D eigenvalue weighted by Gasteiger charge is -2.13. The SMILES string of the molecule is OCOCCOCCOCCOc1cccc2c(OCCOCCOCCOCO)cccc12. The first-order valence-electron chi connectivity index (χ1n) is 11.3. The topological polar surface area (TPSA) is 114 Å². The quantitative estimate of drug-likeness (QED) is 0.189. The molecule has 0 radical (unpaired) electrons. The van der Waals surface area contributed by atoms with Gasteiger partial charge < -0.3 is 48.1 Å². The Morgan fingerprint density at radius 2 is 0.735 bits per heavy atom. The Morgan fingerprint density at radius 1 is 0.412 bits per heavy atom. The second-order valence-corrected chi connectivity index (χ2v) is 6.83. The molecule has 0 amide bonds. The zero-order chi connectivity index (χ0) is 24.1. The molecule has 2 aromatic rings. The van der Waals surface area contributed by atoms with Crippen LogP contribution in [-0.2, 0) is 28.4 Å². The van der Waals surface area contributed by atoms with Gasteiger partial charge in [-0.1, -0.05) is 24.3 Å². The summed E-state index contributed by atoms with van der Waals surface area (Å²) in [5, 5.41) is 18.9. The highest BCUT2D eigenvalue weighted by Crippen LogP contribution is 2.32. The number of hydrogen-bond acceptors (Lipinski definition) is 10. The van der Waals surface area contributed by atoms with Gasteiger partial charge in [-0.25, -0.2) is 0 Å². The van der Waals surface area contributed by atoms with Crippen molar-refractivity contribution in [2.45, 2.75) is 0 Å². The second-order valence-electron chi connectivity index (χ2n) is 6.83. The molecule has 0 spiro atoms. The molecule has 192 valence electrons. The molecule has 0 aliphatic heterocycles. The molecule has 2 rings (SSSR count). The average molecular weight is 485 g/mol. The molecule has 0 heterocycles. The molecule has 0 aromatic heterocycles. The third-order valence-corrected chi connectivity index (χ3v) is 4.48. The van der Waals surface area contributed by atoms with Crippen LogP contribution in [0.15, 0.2) is 36.4 Å². The lowest BCUT2D eigenvalue weighted by atomic mass is 10.1. The number of rotatable bonds is 22. The summed E-state index contributed by atoms with van der Waals surface area (Å²) >= 11 is 0. The number of ether oxygens (including phenoxy) is 8. The maximum Gasteiger partial charge on any atom is 0.143 e. The normalized spacial score (nSPS) is 11.2. The van der Waals surface area contributed by atoms with Crippen LogP contribution in [-0.4, -0.2) is 103 Å². The van der Waals surface area contributed by atoms with Crippen LogP contribution in [0.2, 0.25) is 0 Å². The maximum atomic E-state index is 8.50. The molecule has 2 N–H and O–H groups in total. The van der Waals surface area contributed by atoms with Crippen molar-refractivity contribution in [2.24, 2.45) is 0 Å². The first-order chi connectivity index (χ1) is 16.9. The fraction of sp³-hybridized carbons (Fsp3) is 0.583. The van der Waals surface area contributed by atoms with Gasteiger partial charge in [-0.15, -0.1) is 0 Å². The minimum absolute atomic E-state index is 0.298. The Bertz CT molecular complexity index is 694. The van der Waals surface area contributed by atoms with E-state index in [1.165, 1.54) is 0 Å². The van der Waals surface area contributed by atoms with Gasteiger partial charge in [0.05, 0.1) is 66.1 Å². The van der Waals surface area contributed by atoms with Crippen LogP contribution >= 0.6 is 0 Å². The highest BCUT2D eigenvalue weighted by Gasteiger charge is 2.07. The van der Waals surface area contributed by atoms with E-state index in [4.69, 9.17) is 48.1 Å². The summed E-state index contributed by atoms with van der Waals surface area (Å²) in [6.07, 6.45) is 0. The van der Waals surface area contributed by atoms with Crippen LogP contribution in [0.1, 0.15) is 0 Å². The molecular formula is C24H36O10. The lowest BCUT2D eigenvalue weighted by Crippen LogP contribution is -2.13. The molecule has 0 fully saturated rings. The Labute approximate surface area is 200 Å². The summed E-state index contributed by atoms with van der Waals surface area (Å²) in [6, 6.07) is 11.7. The number of benzene rings is 2. The van der Waals surface area contributed by atoms with Crippen molar-refractivity contribution in [3.63, 3.8) is 0 Å². The van der Waals surface area contributed by atoms with Crippen molar-refractivity contribution in [1.29, 1.82) is 0 Å². The molecule has 0 saturated carbocycles. The van der Waals surface area contributed by atoms with Crippen LogP contribution < -0.4 is 9.47 Å². The standard InChI is InChI=1S/C24H36O10/c25-19-31-13-11-27-7-9-29-15-17-33-23-5-1-3-21-22(23)4-2-6-24(21)34-18-16-30-10-8-28-12-14-32-20-26/h1-6,25-26H,7-20H2. The highest BCUT2D eigenvalue weighted by molar-refractivity contribution is 5.93. The van der Waals surface area contributed by atoms with Crippen molar-refractivity contribution in [1.82, 2.24) is 0 Å². The highest BCUT2D eigenvalue weighted by atomic mass is 16.6. The first-order valence-corrected chi connectivity index (χ1v) is 11.3. The second kappa shape index (κ2) is 19.3. The number of aliphatic hydroxyl groups excluding tert-OH is 2. The zero-order valence-corrected chi connectivity index (χ0v) is 19.5. The van der Waals surface area contributed by atoms with Gasteiger partial charge in [0, 0.05) is 10.8 Å². The van der Waals surface area contributed by atoms with Crippen molar-refractivity contribution in [3.05, 3.63) is 36.4 Å². The van der Waals surface area contributed by atoms with E-state index in [2.05, 4.69) is 0 Å². The third-order valence-electron chi connectivity index (χ3n) is 4.48. The number of fused-ring (bicyclic) bond motifs is 1. The summed E-state index contributed by atoms with van der Waals surface area (Å²) in [4.78, 5) is 0. The molecule has 0 saturated heterocycles. The van der Waals surface area contributed by atoms with Gasteiger partial charge in [-0.05, 0) is 12.1 Å². The van der Waals surface area contributed by atoms with Crippen LogP contribution in [0.5, 0.6) is 11.5 Å². The molecule has 0 atom stereocenters. The minimum atomic E-state index is -0.298. The fourth-order valence-corrected chi connectivity index (χ4v) is 2.93. The largest absolute Gasteiger partial charge is 0.491 e. The monoisotopic (exact) mass is 484 g/mol. The molecule has 0 aliphatic rings. The maximum absolute atomic E-state index is 8.50. The summed E-state index contributed by atoms with van der Waals surface area (Å²) in [6.45, 7) is 4.52. The summed E-state index contributed by atoms with van der Waals surface area (Å²) in [5.74, 6) is 1.53. The van der Waals surface area contributed by atoms with Gasteiger partial charge in [0.25, 0.3) is 0 Å². The molecule has 0 bridgehead atoms. The van der Waals surface area contributed by atoms with Crippen molar-refractivity contribution in [3.8, 4) is 11.5 Å². The molecule has 34 heavy (non-hydrogen) atoms. The fourth-order valence-electron chi connectivity index (χ4n) is 2.93. The summed E-state index contributed by atoms with van der Waals surface area (Å²) < 4.78 is 43.0. The van der Waals surface area contributed by atoms with E-state index in [-0.39, 0.29) is 13.6 Å². The van der Waals surface area contributed by atoms with E-state index < -0.39 is 0 Å². The van der Waals surface area contributed by atoms with Crippen molar-refractivity contribution in [2.75, 3.05) is 92.9 Å². The number of hydrogen-bond donors (Lipinski definition) is 2. The van der Waals surface area contributed by atoms with Crippen molar-refractivity contribution >= 4 is 10.8 Å². The molecule has 0 unspecified atom stereocenters. The van der Waals surface area contributed by atoms with Gasteiger partial charge in [0.15, 0.2) is 0 Å². The minimum Gasteiger partial charge on any atom is -0.491 e. The molecule has 2 aromatic carbocycles. The van der Waals surface area contributed by atoms with E-state index in [0.717, 1.165) is 22.3 Å². The Hall–Kier alpha value is -2.02. The van der Waals surface area contributed by atoms with E-state index in [0.29, 0.717) is 79.3 Å². The van der Waals surface area contributed by atoms with Gasteiger partial charge in [-0.3, -0.25) is 0 Å². The molecule has 10 nitrogen and oxygen atoms in total. The Morgan fingerprint density at radius 3 is 1.09 bits per heavy atom. The van der Waals surface area contributed by atoms with Crippen LogP contribution in [0.4, 0.5) is 0 Å². The number of aliphatic hydroxyl groups is 2. The van der Waals surface area contributed by atoms with E-state index in [1.54, 1.807) is 0 Å². The Kier molecular flexibility index (Phi) is 16.0. The zero-order valence-electron chi connectivity index (χ0n) is 19.5. The van der Waals surface area contributed by atoms with Crippen LogP contribution in [0, 0.1) is 0 Å². The van der Waals surface area contributed by atoms with Gasteiger partial charge in [-0.2, -0.15) is 0 Å². The molecule has 0 aliphatic carbocycles. The van der Waals surface area contributed by atoms with Gasteiger partial charge in [0.2, 0.25) is 0 Å². The van der Waals surface area contributed by atoms with Crippen LogP contribution in [0.25, 0.3) is 10.8 Å². The smallest absolute Gasteiger partial charge is 0.143 e. The van der Waals surface area contributed by atoms with E-state index in [9.17, 15) is 0 Å². The lowest BCUT2D eigenvalue weighted by molar-refractivity contribution is -0.0377. The summed E-state index contributed by atoms with van der Waals surface area (Å²) in [5.41, 5.74) is 0. The summed E-state index contributed by atoms with van der Waals surface area (Å²) in [7, 11) is 0.